The molecule has 2 aromatic rings. The summed E-state index contributed by atoms with van der Waals surface area (Å²) in [5, 5.41) is 7.19. The molecule has 0 amide bonds. The third-order valence-corrected chi connectivity index (χ3v) is 3.09. The summed E-state index contributed by atoms with van der Waals surface area (Å²) < 4.78 is 0. The number of para-hydroxylation sites is 1. The standard InChI is InChI=1S/C12H11ClN4/c13-9-3-1-2-4-10(9)17-12-8-5-14-6-11(8)15-7-16-12/h1-4,7,14H,5-6H2,(H,15,16,17). The Morgan fingerprint density at radius 1 is 1.18 bits per heavy atom. The van der Waals surface area contributed by atoms with Gasteiger partial charge in [0.05, 0.1) is 16.4 Å². The minimum atomic E-state index is 0.686. The van der Waals surface area contributed by atoms with Gasteiger partial charge in [-0.1, -0.05) is 23.7 Å². The average Bonchev–Trinajstić information content (AvgIpc) is 2.81. The van der Waals surface area contributed by atoms with Gasteiger partial charge in [-0.3, -0.25) is 0 Å². The average molecular weight is 247 g/mol. The Kier molecular flexibility index (Phi) is 2.66. The van der Waals surface area contributed by atoms with Crippen LogP contribution >= 0.6 is 11.6 Å². The van der Waals surface area contributed by atoms with Gasteiger partial charge >= 0.3 is 0 Å². The lowest BCUT2D eigenvalue weighted by molar-refractivity contribution is 0.758. The fraction of sp³-hybridized carbons (Fsp3) is 0.167. The summed E-state index contributed by atoms with van der Waals surface area (Å²) in [4.78, 5) is 8.50. The number of hydrogen-bond acceptors (Lipinski definition) is 4. The molecule has 0 fully saturated rings. The summed E-state index contributed by atoms with van der Waals surface area (Å²) in [5.74, 6) is 0.827. The van der Waals surface area contributed by atoms with Gasteiger partial charge in [0.25, 0.3) is 0 Å². The number of aromatic nitrogens is 2. The Balaban J connectivity index is 1.97. The van der Waals surface area contributed by atoms with Gasteiger partial charge in [0.15, 0.2) is 0 Å². The van der Waals surface area contributed by atoms with Crippen LogP contribution in [0.2, 0.25) is 5.02 Å². The monoisotopic (exact) mass is 246 g/mol. The number of anilines is 2. The van der Waals surface area contributed by atoms with Gasteiger partial charge in [-0.2, -0.15) is 0 Å². The van der Waals surface area contributed by atoms with Crippen molar-refractivity contribution in [2.24, 2.45) is 0 Å². The van der Waals surface area contributed by atoms with Gasteiger partial charge in [0.1, 0.15) is 12.1 Å². The predicted octanol–water partition coefficient (Wildman–Crippen LogP) is 2.48. The molecule has 86 valence electrons. The summed E-state index contributed by atoms with van der Waals surface area (Å²) >= 11 is 6.10. The van der Waals surface area contributed by atoms with Gasteiger partial charge in [0, 0.05) is 18.7 Å². The van der Waals surface area contributed by atoms with Crippen LogP contribution in [0, 0.1) is 0 Å². The van der Waals surface area contributed by atoms with Crippen molar-refractivity contribution in [1.29, 1.82) is 0 Å². The normalized spacial score (nSPS) is 13.5. The lowest BCUT2D eigenvalue weighted by Crippen LogP contribution is -2.02. The van der Waals surface area contributed by atoms with E-state index in [2.05, 4.69) is 20.6 Å². The molecule has 0 aliphatic carbocycles. The van der Waals surface area contributed by atoms with Gasteiger partial charge in [0.2, 0.25) is 0 Å². The van der Waals surface area contributed by atoms with Crippen molar-refractivity contribution in [1.82, 2.24) is 15.3 Å². The van der Waals surface area contributed by atoms with Crippen LogP contribution in [-0.2, 0) is 13.1 Å². The van der Waals surface area contributed by atoms with E-state index < -0.39 is 0 Å². The second kappa shape index (κ2) is 4.31. The van der Waals surface area contributed by atoms with E-state index >= 15 is 0 Å². The van der Waals surface area contributed by atoms with Crippen molar-refractivity contribution in [2.45, 2.75) is 13.1 Å². The zero-order valence-electron chi connectivity index (χ0n) is 9.07. The van der Waals surface area contributed by atoms with Crippen molar-refractivity contribution >= 4 is 23.1 Å². The topological polar surface area (TPSA) is 49.8 Å². The zero-order chi connectivity index (χ0) is 11.7. The van der Waals surface area contributed by atoms with Crippen LogP contribution < -0.4 is 10.6 Å². The highest BCUT2D eigenvalue weighted by atomic mass is 35.5. The fourth-order valence-electron chi connectivity index (χ4n) is 1.89. The molecule has 0 saturated carbocycles. The Labute approximate surface area is 104 Å². The zero-order valence-corrected chi connectivity index (χ0v) is 9.83. The second-order valence-electron chi connectivity index (χ2n) is 3.86. The number of halogens is 1. The second-order valence-corrected chi connectivity index (χ2v) is 4.26. The van der Waals surface area contributed by atoms with Gasteiger partial charge in [-0.25, -0.2) is 9.97 Å². The van der Waals surface area contributed by atoms with Gasteiger partial charge in [-0.05, 0) is 12.1 Å². The molecule has 0 radical (unpaired) electrons. The molecule has 1 aliphatic rings. The molecule has 0 atom stereocenters. The van der Waals surface area contributed by atoms with Crippen molar-refractivity contribution in [3.8, 4) is 0 Å². The summed E-state index contributed by atoms with van der Waals surface area (Å²) in [7, 11) is 0. The highest BCUT2D eigenvalue weighted by Gasteiger charge is 2.16. The predicted molar refractivity (Wildman–Crippen MR) is 67.3 cm³/mol. The summed E-state index contributed by atoms with van der Waals surface area (Å²) in [6.07, 6.45) is 1.57. The third kappa shape index (κ3) is 1.97. The molecule has 2 heterocycles. The Morgan fingerprint density at radius 3 is 2.94 bits per heavy atom. The Morgan fingerprint density at radius 2 is 2.06 bits per heavy atom. The number of nitrogens with one attached hydrogen (secondary N) is 2. The van der Waals surface area contributed by atoms with Crippen molar-refractivity contribution in [2.75, 3.05) is 5.32 Å². The largest absolute Gasteiger partial charge is 0.339 e. The first-order chi connectivity index (χ1) is 8.34. The Bertz CT molecular complexity index is 556. The summed E-state index contributed by atoms with van der Waals surface area (Å²) in [6.45, 7) is 1.60. The molecule has 1 aliphatic heterocycles. The van der Waals surface area contributed by atoms with Crippen LogP contribution in [-0.4, -0.2) is 9.97 Å². The lowest BCUT2D eigenvalue weighted by atomic mass is 10.2. The van der Waals surface area contributed by atoms with Gasteiger partial charge < -0.3 is 10.6 Å². The quantitative estimate of drug-likeness (QED) is 0.855. The van der Waals surface area contributed by atoms with Crippen LogP contribution in [0.25, 0.3) is 0 Å². The van der Waals surface area contributed by atoms with Crippen molar-refractivity contribution in [3.63, 3.8) is 0 Å². The molecule has 4 nitrogen and oxygen atoms in total. The van der Waals surface area contributed by atoms with E-state index in [0.29, 0.717) is 5.02 Å². The molecule has 0 unspecified atom stereocenters. The van der Waals surface area contributed by atoms with Gasteiger partial charge in [-0.15, -0.1) is 0 Å². The third-order valence-electron chi connectivity index (χ3n) is 2.76. The van der Waals surface area contributed by atoms with E-state index in [1.165, 1.54) is 0 Å². The molecule has 3 rings (SSSR count). The van der Waals surface area contributed by atoms with E-state index in [1.807, 2.05) is 24.3 Å². The minimum absolute atomic E-state index is 0.686. The molecular weight excluding hydrogens is 236 g/mol. The maximum Gasteiger partial charge on any atom is 0.138 e. The SMILES string of the molecule is Clc1ccccc1Nc1ncnc2c1CNC2. The van der Waals surface area contributed by atoms with E-state index in [-0.39, 0.29) is 0 Å². The van der Waals surface area contributed by atoms with E-state index in [4.69, 9.17) is 11.6 Å². The van der Waals surface area contributed by atoms with Crippen molar-refractivity contribution in [3.05, 3.63) is 46.9 Å². The number of nitrogens with zero attached hydrogens (tertiary/aromatic N) is 2. The number of hydrogen-bond donors (Lipinski definition) is 2. The summed E-state index contributed by atoms with van der Waals surface area (Å²) in [5.41, 5.74) is 3.03. The summed E-state index contributed by atoms with van der Waals surface area (Å²) in [6, 6.07) is 7.62. The maximum absolute atomic E-state index is 6.10. The van der Waals surface area contributed by atoms with Crippen LogP contribution in [0.3, 0.4) is 0 Å². The molecule has 1 aromatic carbocycles. The number of fused-ring (bicyclic) bond motifs is 1. The lowest BCUT2D eigenvalue weighted by Gasteiger charge is -2.10. The molecule has 0 spiro atoms. The molecule has 2 N–H and O–H groups in total. The highest BCUT2D eigenvalue weighted by Crippen LogP contribution is 2.27. The number of benzene rings is 1. The van der Waals surface area contributed by atoms with E-state index in [1.54, 1.807) is 6.33 Å². The van der Waals surface area contributed by atoms with Crippen LogP contribution in [0.4, 0.5) is 11.5 Å². The van der Waals surface area contributed by atoms with Crippen molar-refractivity contribution < 1.29 is 0 Å². The Hall–Kier alpha value is -1.65. The molecule has 5 heteroatoms. The highest BCUT2D eigenvalue weighted by molar-refractivity contribution is 6.33. The molecule has 1 aromatic heterocycles. The number of rotatable bonds is 2. The molecule has 0 saturated heterocycles. The minimum Gasteiger partial charge on any atom is -0.339 e. The fourth-order valence-corrected chi connectivity index (χ4v) is 2.07. The van der Waals surface area contributed by atoms with Crippen LogP contribution in [0.5, 0.6) is 0 Å². The molecular formula is C12H11ClN4. The van der Waals surface area contributed by atoms with Crippen LogP contribution in [0.15, 0.2) is 30.6 Å². The molecule has 17 heavy (non-hydrogen) atoms. The molecule has 0 bridgehead atoms. The smallest absolute Gasteiger partial charge is 0.138 e. The van der Waals surface area contributed by atoms with Crippen LogP contribution in [0.1, 0.15) is 11.3 Å². The first-order valence-electron chi connectivity index (χ1n) is 5.39. The first-order valence-corrected chi connectivity index (χ1v) is 5.77. The maximum atomic E-state index is 6.10. The van der Waals surface area contributed by atoms with E-state index in [0.717, 1.165) is 35.9 Å². The first kappa shape index (κ1) is 10.5. The van der Waals surface area contributed by atoms with E-state index in [9.17, 15) is 0 Å².